The van der Waals surface area contributed by atoms with E-state index in [1.165, 1.54) is 12.1 Å². The fraction of sp³-hybridized carbons (Fsp3) is 0.500. The summed E-state index contributed by atoms with van der Waals surface area (Å²) < 4.78 is 24.1. The van der Waals surface area contributed by atoms with Crippen LogP contribution in [0, 0.1) is 5.82 Å². The van der Waals surface area contributed by atoms with Gasteiger partial charge in [-0.05, 0) is 36.0 Å². The summed E-state index contributed by atoms with van der Waals surface area (Å²) in [5.74, 6) is -0.494. The Bertz CT molecular complexity index is 394. The maximum absolute atomic E-state index is 13.3. The smallest absolute Gasteiger partial charge is 0.423 e. The highest BCUT2D eigenvalue weighted by Crippen LogP contribution is 2.13. The molecule has 18 heavy (non-hydrogen) atoms. The number of hydrogen-bond acceptors (Lipinski definition) is 4. The Kier molecular flexibility index (Phi) is 4.71. The predicted molar refractivity (Wildman–Crippen MR) is 64.9 cm³/mol. The summed E-state index contributed by atoms with van der Waals surface area (Å²) >= 11 is 0. The van der Waals surface area contributed by atoms with Crippen molar-refractivity contribution in [1.29, 1.82) is 0 Å². The minimum atomic E-state index is -1.66. The fourth-order valence-corrected chi connectivity index (χ4v) is 1.96. The second-order valence-electron chi connectivity index (χ2n) is 4.39. The van der Waals surface area contributed by atoms with Gasteiger partial charge in [-0.2, -0.15) is 0 Å². The third-order valence-corrected chi connectivity index (χ3v) is 2.93. The molecule has 98 valence electrons. The van der Waals surface area contributed by atoms with Gasteiger partial charge in [0.25, 0.3) is 0 Å². The van der Waals surface area contributed by atoms with Crippen LogP contribution < -0.4 is 5.46 Å². The van der Waals surface area contributed by atoms with E-state index < -0.39 is 12.9 Å². The molecule has 0 saturated carbocycles. The summed E-state index contributed by atoms with van der Waals surface area (Å²) in [5, 5.41) is 18.0. The summed E-state index contributed by atoms with van der Waals surface area (Å²) in [4.78, 5) is 0. The first-order chi connectivity index (χ1) is 8.65. The number of benzene rings is 1. The lowest BCUT2D eigenvalue weighted by atomic mass is 9.79. The lowest BCUT2D eigenvalue weighted by Crippen LogP contribution is -2.30. The van der Waals surface area contributed by atoms with Crippen molar-refractivity contribution >= 4 is 12.6 Å². The average molecular weight is 254 g/mol. The molecular weight excluding hydrogens is 238 g/mol. The maximum Gasteiger partial charge on any atom is 0.488 e. The van der Waals surface area contributed by atoms with Crippen LogP contribution >= 0.6 is 0 Å². The third-order valence-electron chi connectivity index (χ3n) is 2.93. The summed E-state index contributed by atoms with van der Waals surface area (Å²) in [6.45, 7) is 1.64. The number of halogens is 1. The topological polar surface area (TPSA) is 58.9 Å². The molecule has 0 amide bonds. The molecule has 0 atom stereocenters. The summed E-state index contributed by atoms with van der Waals surface area (Å²) in [5.41, 5.74) is 0.741. The number of hydrogen-bond donors (Lipinski definition) is 2. The second-order valence-corrected chi connectivity index (χ2v) is 4.39. The van der Waals surface area contributed by atoms with E-state index in [9.17, 15) is 4.39 Å². The molecule has 0 unspecified atom stereocenters. The summed E-state index contributed by atoms with van der Waals surface area (Å²) in [6.07, 6.45) is 1.81. The minimum Gasteiger partial charge on any atom is -0.423 e. The molecule has 1 aliphatic heterocycles. The Morgan fingerprint density at radius 3 is 2.67 bits per heavy atom. The maximum atomic E-state index is 13.3. The number of rotatable bonds is 4. The van der Waals surface area contributed by atoms with Crippen LogP contribution in [0.15, 0.2) is 18.2 Å². The van der Waals surface area contributed by atoms with Crippen LogP contribution in [0.1, 0.15) is 18.4 Å². The molecule has 0 bridgehead atoms. The first kappa shape index (κ1) is 13.5. The van der Waals surface area contributed by atoms with Crippen molar-refractivity contribution in [3.63, 3.8) is 0 Å². The van der Waals surface area contributed by atoms with Gasteiger partial charge in [-0.3, -0.25) is 0 Å². The Balaban J connectivity index is 1.95. The van der Waals surface area contributed by atoms with E-state index in [1.54, 1.807) is 0 Å². The van der Waals surface area contributed by atoms with Gasteiger partial charge in [0.2, 0.25) is 0 Å². The highest BCUT2D eigenvalue weighted by Gasteiger charge is 2.16. The van der Waals surface area contributed by atoms with Gasteiger partial charge in [0.1, 0.15) is 5.82 Å². The molecule has 2 N–H and O–H groups in total. The van der Waals surface area contributed by atoms with E-state index in [4.69, 9.17) is 19.5 Å². The summed E-state index contributed by atoms with van der Waals surface area (Å²) in [6, 6.07) is 3.97. The molecule has 6 heteroatoms. The first-order valence-electron chi connectivity index (χ1n) is 6.00. The monoisotopic (exact) mass is 254 g/mol. The molecule has 1 saturated heterocycles. The second kappa shape index (κ2) is 6.29. The van der Waals surface area contributed by atoms with Crippen molar-refractivity contribution in [3.8, 4) is 0 Å². The average Bonchev–Trinajstić information content (AvgIpc) is 2.37. The number of ether oxygens (including phenoxy) is 2. The largest absolute Gasteiger partial charge is 0.488 e. The van der Waals surface area contributed by atoms with E-state index in [1.807, 2.05) is 0 Å². The normalized spacial score (nSPS) is 16.8. The van der Waals surface area contributed by atoms with E-state index >= 15 is 0 Å². The van der Waals surface area contributed by atoms with Crippen molar-refractivity contribution < 1.29 is 23.9 Å². The molecule has 1 aliphatic rings. The van der Waals surface area contributed by atoms with Crippen molar-refractivity contribution in [2.45, 2.75) is 25.6 Å². The lowest BCUT2D eigenvalue weighted by Gasteiger charge is -2.22. The standard InChI is InChI=1S/C12H16BFO4/c14-11-6-9(5-10(7-11)13(15)16)8-18-12-1-3-17-4-2-12/h5-7,12,15-16H,1-4,8H2. The zero-order valence-electron chi connectivity index (χ0n) is 10.0. The van der Waals surface area contributed by atoms with Gasteiger partial charge in [0.15, 0.2) is 0 Å². The zero-order valence-corrected chi connectivity index (χ0v) is 10.0. The SMILES string of the molecule is OB(O)c1cc(F)cc(COC2CCOCC2)c1. The zero-order chi connectivity index (χ0) is 13.0. The van der Waals surface area contributed by atoms with Crippen LogP contribution in [-0.4, -0.2) is 36.5 Å². The summed E-state index contributed by atoms with van der Waals surface area (Å²) in [7, 11) is -1.66. The van der Waals surface area contributed by atoms with Gasteiger partial charge >= 0.3 is 7.12 Å². The molecule has 1 heterocycles. The highest BCUT2D eigenvalue weighted by molar-refractivity contribution is 6.58. The Hall–Kier alpha value is -0.945. The van der Waals surface area contributed by atoms with Crippen LogP contribution in [0.25, 0.3) is 0 Å². The van der Waals surface area contributed by atoms with E-state index in [2.05, 4.69) is 0 Å². The van der Waals surface area contributed by atoms with Gasteiger partial charge in [-0.15, -0.1) is 0 Å². The van der Waals surface area contributed by atoms with Crippen molar-refractivity contribution in [1.82, 2.24) is 0 Å². The predicted octanol–water partition coefficient (Wildman–Crippen LogP) is 0.201. The Labute approximate surface area is 105 Å². The lowest BCUT2D eigenvalue weighted by molar-refractivity contribution is -0.0391. The molecule has 2 rings (SSSR count). The minimum absolute atomic E-state index is 0.129. The van der Waals surface area contributed by atoms with Gasteiger partial charge in [-0.1, -0.05) is 6.07 Å². The molecule has 0 aliphatic carbocycles. The van der Waals surface area contributed by atoms with Gasteiger partial charge in [0.05, 0.1) is 12.7 Å². The van der Waals surface area contributed by atoms with Crippen LogP contribution in [0.5, 0.6) is 0 Å². The van der Waals surface area contributed by atoms with E-state index in [0.717, 1.165) is 18.9 Å². The Morgan fingerprint density at radius 2 is 2.00 bits per heavy atom. The molecule has 1 aromatic carbocycles. The molecule has 0 spiro atoms. The van der Waals surface area contributed by atoms with Crippen LogP contribution in [0.3, 0.4) is 0 Å². The molecule has 4 nitrogen and oxygen atoms in total. The van der Waals surface area contributed by atoms with Crippen LogP contribution in [0.4, 0.5) is 4.39 Å². The first-order valence-corrected chi connectivity index (χ1v) is 6.00. The molecule has 0 aromatic heterocycles. The molecule has 0 radical (unpaired) electrons. The molecule has 1 fully saturated rings. The van der Waals surface area contributed by atoms with Gasteiger partial charge in [0, 0.05) is 13.2 Å². The van der Waals surface area contributed by atoms with Gasteiger partial charge in [-0.25, -0.2) is 4.39 Å². The third kappa shape index (κ3) is 3.78. The van der Waals surface area contributed by atoms with Crippen molar-refractivity contribution in [3.05, 3.63) is 29.6 Å². The fourth-order valence-electron chi connectivity index (χ4n) is 1.96. The van der Waals surface area contributed by atoms with E-state index in [-0.39, 0.29) is 18.2 Å². The van der Waals surface area contributed by atoms with Crippen molar-refractivity contribution in [2.24, 2.45) is 0 Å². The van der Waals surface area contributed by atoms with Crippen molar-refractivity contribution in [2.75, 3.05) is 13.2 Å². The van der Waals surface area contributed by atoms with Crippen LogP contribution in [0.2, 0.25) is 0 Å². The van der Waals surface area contributed by atoms with Gasteiger partial charge < -0.3 is 19.5 Å². The van der Waals surface area contributed by atoms with E-state index in [0.29, 0.717) is 18.8 Å². The van der Waals surface area contributed by atoms with Crippen LogP contribution in [-0.2, 0) is 16.1 Å². The highest BCUT2D eigenvalue weighted by atomic mass is 19.1. The molecule has 1 aromatic rings. The Morgan fingerprint density at radius 1 is 1.28 bits per heavy atom. The quantitative estimate of drug-likeness (QED) is 0.753. The molecular formula is C12H16BFO4.